The first-order valence-electron chi connectivity index (χ1n) is 8.00. The molecule has 0 unspecified atom stereocenters. The third-order valence-corrected chi connectivity index (χ3v) is 7.86. The van der Waals surface area contributed by atoms with Crippen LogP contribution in [0.4, 0.5) is 5.69 Å². The van der Waals surface area contributed by atoms with Crippen molar-refractivity contribution in [2.75, 3.05) is 16.4 Å². The second kappa shape index (κ2) is 7.69. The Labute approximate surface area is 163 Å². The van der Waals surface area contributed by atoms with Crippen molar-refractivity contribution >= 4 is 60.3 Å². The molecule has 1 aromatic carbocycles. The molecular formula is C16H17BrN2O5S2. The highest BCUT2D eigenvalue weighted by atomic mass is 79.9. The molecule has 2 fully saturated rings. The zero-order valence-corrected chi connectivity index (χ0v) is 16.9. The van der Waals surface area contributed by atoms with Crippen LogP contribution in [-0.4, -0.2) is 53.4 Å². The molecule has 2 aliphatic heterocycles. The summed E-state index contributed by atoms with van der Waals surface area (Å²) in [6, 6.07) is 7.16. The summed E-state index contributed by atoms with van der Waals surface area (Å²) < 4.78 is 24.9. The smallest absolute Gasteiger partial charge is 0.303 e. The van der Waals surface area contributed by atoms with Gasteiger partial charge in [-0.1, -0.05) is 33.8 Å². The average Bonchev–Trinajstić information content (AvgIpc) is 2.97. The zero-order valence-electron chi connectivity index (χ0n) is 13.7. The maximum Gasteiger partial charge on any atom is 0.303 e. The molecule has 0 aromatic heterocycles. The molecule has 140 valence electrons. The number of benzene rings is 1. The first-order chi connectivity index (χ1) is 12.2. The normalized spacial score (nSPS) is 25.4. The van der Waals surface area contributed by atoms with E-state index >= 15 is 0 Å². The van der Waals surface area contributed by atoms with Gasteiger partial charge < -0.3 is 10.0 Å². The molecule has 10 heteroatoms. The van der Waals surface area contributed by atoms with Crippen LogP contribution in [0.5, 0.6) is 0 Å². The Morgan fingerprint density at radius 2 is 2.08 bits per heavy atom. The molecule has 2 heterocycles. The molecule has 3 rings (SSSR count). The van der Waals surface area contributed by atoms with Gasteiger partial charge in [0.2, 0.25) is 5.91 Å². The van der Waals surface area contributed by atoms with E-state index < -0.39 is 21.7 Å². The van der Waals surface area contributed by atoms with Gasteiger partial charge in [-0.3, -0.25) is 9.59 Å². The van der Waals surface area contributed by atoms with Gasteiger partial charge in [0.15, 0.2) is 15.0 Å². The molecule has 1 amide bonds. The number of halogens is 1. The molecular weight excluding hydrogens is 444 g/mol. The van der Waals surface area contributed by atoms with E-state index in [1.165, 1.54) is 11.8 Å². The average molecular weight is 461 g/mol. The number of anilines is 1. The van der Waals surface area contributed by atoms with Crippen LogP contribution >= 0.6 is 27.7 Å². The molecule has 7 nitrogen and oxygen atoms in total. The third kappa shape index (κ3) is 4.47. The molecule has 0 aliphatic carbocycles. The monoisotopic (exact) mass is 460 g/mol. The number of rotatable bonds is 5. The Hall–Kier alpha value is -1.39. The van der Waals surface area contributed by atoms with Crippen LogP contribution in [-0.2, 0) is 19.4 Å². The van der Waals surface area contributed by atoms with E-state index in [1.54, 1.807) is 0 Å². The van der Waals surface area contributed by atoms with Gasteiger partial charge >= 0.3 is 5.97 Å². The maximum atomic E-state index is 12.1. The van der Waals surface area contributed by atoms with E-state index in [2.05, 4.69) is 20.9 Å². The molecule has 0 radical (unpaired) electrons. The summed E-state index contributed by atoms with van der Waals surface area (Å²) in [6.07, 6.45) is 0.201. The van der Waals surface area contributed by atoms with Crippen molar-refractivity contribution in [1.29, 1.82) is 0 Å². The summed E-state index contributed by atoms with van der Waals surface area (Å²) in [5, 5.41) is 8.98. The van der Waals surface area contributed by atoms with Gasteiger partial charge in [0.1, 0.15) is 0 Å². The lowest BCUT2D eigenvalue weighted by Crippen LogP contribution is -2.37. The molecule has 26 heavy (non-hydrogen) atoms. The fourth-order valence-electron chi connectivity index (χ4n) is 3.05. The minimum Gasteiger partial charge on any atom is -0.481 e. The standard InChI is InChI=1S/C16H17BrN2O5S2/c17-10-3-1-4-11(7-10)19-12-8-26(23,24)9-13(12)25-16(19)18-14(20)5-2-6-15(21)22/h1,3-4,7,12-13H,2,5-6,8-9H2,(H,21,22)/t12-,13-/m0/s1. The van der Waals surface area contributed by atoms with Crippen LogP contribution in [0.2, 0.25) is 0 Å². The Kier molecular flexibility index (Phi) is 5.73. The lowest BCUT2D eigenvalue weighted by Gasteiger charge is -2.24. The summed E-state index contributed by atoms with van der Waals surface area (Å²) >= 11 is 4.71. The van der Waals surface area contributed by atoms with Crippen LogP contribution in [0.1, 0.15) is 19.3 Å². The van der Waals surface area contributed by atoms with Crippen LogP contribution in [0.3, 0.4) is 0 Å². The number of aliphatic imine (C=N–C) groups is 1. The molecule has 1 aromatic rings. The Morgan fingerprint density at radius 1 is 1.31 bits per heavy atom. The van der Waals surface area contributed by atoms with Crippen molar-refractivity contribution in [3.63, 3.8) is 0 Å². The van der Waals surface area contributed by atoms with Crippen LogP contribution < -0.4 is 4.90 Å². The van der Waals surface area contributed by atoms with E-state index in [4.69, 9.17) is 5.11 Å². The summed E-state index contributed by atoms with van der Waals surface area (Å²) in [7, 11) is -3.11. The Bertz CT molecular complexity index is 871. The lowest BCUT2D eigenvalue weighted by atomic mass is 10.2. The van der Waals surface area contributed by atoms with Gasteiger partial charge in [-0.05, 0) is 24.6 Å². The number of amidine groups is 1. The van der Waals surface area contributed by atoms with E-state index in [9.17, 15) is 18.0 Å². The molecule has 2 saturated heterocycles. The lowest BCUT2D eigenvalue weighted by molar-refractivity contribution is -0.137. The predicted molar refractivity (Wildman–Crippen MR) is 104 cm³/mol. The number of sulfone groups is 1. The second-order valence-electron chi connectivity index (χ2n) is 6.19. The molecule has 1 N–H and O–H groups in total. The number of carbonyl (C=O) groups is 2. The maximum absolute atomic E-state index is 12.1. The van der Waals surface area contributed by atoms with Crippen molar-refractivity contribution in [2.45, 2.75) is 30.6 Å². The van der Waals surface area contributed by atoms with Crippen molar-refractivity contribution in [3.8, 4) is 0 Å². The van der Waals surface area contributed by atoms with Crippen LogP contribution in [0.15, 0.2) is 33.7 Å². The minimum absolute atomic E-state index is 0.0312. The van der Waals surface area contributed by atoms with E-state index in [1.807, 2.05) is 29.2 Å². The minimum atomic E-state index is -3.11. The summed E-state index contributed by atoms with van der Waals surface area (Å²) in [5.74, 6) is -1.24. The fourth-order valence-corrected chi connectivity index (χ4v) is 7.36. The Morgan fingerprint density at radius 3 is 2.77 bits per heavy atom. The molecule has 2 atom stereocenters. The third-order valence-electron chi connectivity index (χ3n) is 4.15. The van der Waals surface area contributed by atoms with Crippen molar-refractivity contribution in [3.05, 3.63) is 28.7 Å². The number of aliphatic carboxylic acids is 1. The molecule has 0 bridgehead atoms. The number of thioether (sulfide) groups is 1. The number of fused-ring (bicyclic) bond motifs is 1. The Balaban J connectivity index is 1.85. The zero-order chi connectivity index (χ0) is 18.9. The number of hydrogen-bond donors (Lipinski definition) is 1. The highest BCUT2D eigenvalue weighted by Crippen LogP contribution is 2.41. The van der Waals surface area contributed by atoms with E-state index in [0.29, 0.717) is 5.17 Å². The van der Waals surface area contributed by atoms with Gasteiger partial charge in [-0.15, -0.1) is 0 Å². The van der Waals surface area contributed by atoms with E-state index in [0.717, 1.165) is 10.2 Å². The molecule has 2 aliphatic rings. The topological polar surface area (TPSA) is 104 Å². The van der Waals surface area contributed by atoms with E-state index in [-0.39, 0.29) is 42.1 Å². The summed E-state index contributed by atoms with van der Waals surface area (Å²) in [6.45, 7) is 0. The van der Waals surface area contributed by atoms with Gasteiger partial charge in [-0.2, -0.15) is 4.99 Å². The number of carboxylic acids is 1. The van der Waals surface area contributed by atoms with Gasteiger partial charge in [0.05, 0.1) is 17.5 Å². The number of hydrogen-bond acceptors (Lipinski definition) is 5. The number of carbonyl (C=O) groups excluding carboxylic acids is 1. The quantitative estimate of drug-likeness (QED) is 0.718. The summed E-state index contributed by atoms with van der Waals surface area (Å²) in [4.78, 5) is 28.7. The number of amides is 1. The summed E-state index contributed by atoms with van der Waals surface area (Å²) in [5.41, 5.74) is 0.772. The first-order valence-corrected chi connectivity index (χ1v) is 11.5. The molecule has 0 spiro atoms. The predicted octanol–water partition coefficient (Wildman–Crippen LogP) is 2.31. The van der Waals surface area contributed by atoms with Crippen molar-refractivity contribution in [2.24, 2.45) is 4.99 Å². The van der Waals surface area contributed by atoms with Gasteiger partial charge in [0, 0.05) is 28.3 Å². The van der Waals surface area contributed by atoms with Gasteiger partial charge in [0.25, 0.3) is 0 Å². The molecule has 0 saturated carbocycles. The largest absolute Gasteiger partial charge is 0.481 e. The SMILES string of the molecule is O=C(O)CCCC(=O)N=C1S[C@H]2CS(=O)(=O)C[C@@H]2N1c1cccc(Br)c1. The van der Waals surface area contributed by atoms with Crippen molar-refractivity contribution < 1.29 is 23.1 Å². The fraction of sp³-hybridized carbons (Fsp3) is 0.438. The van der Waals surface area contributed by atoms with Crippen LogP contribution in [0.25, 0.3) is 0 Å². The highest BCUT2D eigenvalue weighted by molar-refractivity contribution is 9.10. The number of carboxylic acid groups (broad SMARTS) is 1. The first kappa shape index (κ1) is 19.4. The van der Waals surface area contributed by atoms with Crippen molar-refractivity contribution in [1.82, 2.24) is 0 Å². The second-order valence-corrected chi connectivity index (χ2v) is 10.5. The van der Waals surface area contributed by atoms with Gasteiger partial charge in [-0.25, -0.2) is 8.42 Å². The number of nitrogens with zero attached hydrogens (tertiary/aromatic N) is 2. The van der Waals surface area contributed by atoms with Crippen LogP contribution in [0, 0.1) is 0 Å². The highest BCUT2D eigenvalue weighted by Gasteiger charge is 2.49.